The molecule has 22 heavy (non-hydrogen) atoms. The Hall–Kier alpha value is -2.13. The van der Waals surface area contributed by atoms with E-state index in [0.717, 1.165) is 16.7 Å². The van der Waals surface area contributed by atoms with Crippen LogP contribution in [0.4, 0.5) is 0 Å². The average molecular weight is 310 g/mol. The van der Waals surface area contributed by atoms with Gasteiger partial charge in [-0.15, -0.1) is 0 Å². The maximum absolute atomic E-state index is 10.1. The monoisotopic (exact) mass is 309 g/mol. The normalized spacial score (nSPS) is 11.4. The van der Waals surface area contributed by atoms with Crippen LogP contribution in [-0.4, -0.2) is 5.21 Å². The van der Waals surface area contributed by atoms with Gasteiger partial charge in [-0.1, -0.05) is 84.4 Å². The molecule has 3 rings (SSSR count). The van der Waals surface area contributed by atoms with E-state index in [4.69, 9.17) is 11.6 Å². The van der Waals surface area contributed by atoms with E-state index >= 15 is 0 Å². The van der Waals surface area contributed by atoms with Gasteiger partial charge < -0.3 is 5.21 Å². The molecule has 0 aliphatic heterocycles. The van der Waals surface area contributed by atoms with Gasteiger partial charge in [0.25, 0.3) is 0 Å². The molecule has 0 heterocycles. The van der Waals surface area contributed by atoms with E-state index in [9.17, 15) is 5.21 Å². The molecule has 0 atom stereocenters. The fraction of sp³-hybridized carbons (Fsp3) is 0.0526. The summed E-state index contributed by atoms with van der Waals surface area (Å²) in [5.41, 5.74) is 4.51. The summed E-state index contributed by atoms with van der Waals surface area (Å²) in [7, 11) is 0. The van der Waals surface area contributed by atoms with Crippen molar-refractivity contribution in [2.24, 2.45) is 0 Å². The summed E-state index contributed by atoms with van der Waals surface area (Å²) in [6.07, 6.45) is 0. The van der Waals surface area contributed by atoms with Crippen molar-refractivity contribution in [1.29, 1.82) is 0 Å². The molecule has 0 aliphatic carbocycles. The highest BCUT2D eigenvalue weighted by molar-refractivity contribution is 6.30. The van der Waals surface area contributed by atoms with E-state index in [2.05, 4.69) is 5.48 Å². The number of rotatable bonds is 4. The van der Waals surface area contributed by atoms with E-state index in [1.807, 2.05) is 84.9 Å². The first kappa shape index (κ1) is 14.8. The van der Waals surface area contributed by atoms with E-state index in [1.165, 1.54) is 0 Å². The lowest BCUT2D eigenvalue weighted by Gasteiger charge is -2.34. The molecule has 0 fully saturated rings. The Morgan fingerprint density at radius 2 is 1.05 bits per heavy atom. The van der Waals surface area contributed by atoms with Crippen molar-refractivity contribution in [2.75, 3.05) is 0 Å². The van der Waals surface area contributed by atoms with Gasteiger partial charge in [-0.3, -0.25) is 0 Å². The van der Waals surface area contributed by atoms with Gasteiger partial charge in [-0.25, -0.2) is 0 Å². The van der Waals surface area contributed by atoms with E-state index in [-0.39, 0.29) is 0 Å². The van der Waals surface area contributed by atoms with Gasteiger partial charge >= 0.3 is 0 Å². The van der Waals surface area contributed by atoms with Crippen LogP contribution in [0.3, 0.4) is 0 Å². The molecular weight excluding hydrogens is 294 g/mol. The van der Waals surface area contributed by atoms with E-state index in [1.54, 1.807) is 0 Å². The first-order chi connectivity index (χ1) is 10.8. The molecule has 0 unspecified atom stereocenters. The van der Waals surface area contributed by atoms with Crippen LogP contribution >= 0.6 is 11.6 Å². The first-order valence-corrected chi connectivity index (χ1v) is 7.43. The van der Waals surface area contributed by atoms with Crippen molar-refractivity contribution in [1.82, 2.24) is 5.48 Å². The van der Waals surface area contributed by atoms with E-state index in [0.29, 0.717) is 5.02 Å². The number of halogens is 1. The van der Waals surface area contributed by atoms with Crippen LogP contribution in [0.1, 0.15) is 16.7 Å². The molecule has 0 saturated heterocycles. The largest absolute Gasteiger partial charge is 0.315 e. The average Bonchev–Trinajstić information content (AvgIpc) is 2.59. The highest BCUT2D eigenvalue weighted by Crippen LogP contribution is 2.36. The second-order valence-electron chi connectivity index (χ2n) is 5.10. The van der Waals surface area contributed by atoms with Crippen molar-refractivity contribution in [3.63, 3.8) is 0 Å². The minimum absolute atomic E-state index is 0.664. The number of hydrogen-bond donors (Lipinski definition) is 2. The Labute approximate surface area is 135 Å². The van der Waals surface area contributed by atoms with Crippen LogP contribution in [-0.2, 0) is 5.54 Å². The quantitative estimate of drug-likeness (QED) is 0.545. The second-order valence-corrected chi connectivity index (χ2v) is 5.54. The Kier molecular flexibility index (Phi) is 4.25. The molecule has 0 radical (unpaired) electrons. The smallest absolute Gasteiger partial charge is 0.118 e. The van der Waals surface area contributed by atoms with Crippen LogP contribution in [0.15, 0.2) is 84.9 Å². The lowest BCUT2D eigenvalue weighted by molar-refractivity contribution is 0.103. The maximum atomic E-state index is 10.1. The zero-order valence-electron chi connectivity index (χ0n) is 11.9. The fourth-order valence-corrected chi connectivity index (χ4v) is 2.90. The molecule has 2 N–H and O–H groups in total. The number of hydrogen-bond acceptors (Lipinski definition) is 2. The zero-order valence-corrected chi connectivity index (χ0v) is 12.7. The summed E-state index contributed by atoms with van der Waals surface area (Å²) in [6.45, 7) is 0. The van der Waals surface area contributed by atoms with Gasteiger partial charge in [-0.05, 0) is 28.8 Å². The molecule has 0 spiro atoms. The summed E-state index contributed by atoms with van der Waals surface area (Å²) < 4.78 is 0. The SMILES string of the molecule is ONC(c1ccccc1)(c1ccccc1)c1ccc(Cl)cc1. The Morgan fingerprint density at radius 3 is 1.45 bits per heavy atom. The minimum Gasteiger partial charge on any atom is -0.315 e. The van der Waals surface area contributed by atoms with Gasteiger partial charge in [0.1, 0.15) is 5.54 Å². The summed E-state index contributed by atoms with van der Waals surface area (Å²) in [4.78, 5) is 0. The Balaban J connectivity index is 2.28. The third kappa shape index (κ3) is 2.53. The summed E-state index contributed by atoms with van der Waals surface area (Å²) in [5, 5.41) is 10.8. The first-order valence-electron chi connectivity index (χ1n) is 7.06. The van der Waals surface area contributed by atoms with Gasteiger partial charge in [0.05, 0.1) is 0 Å². The molecule has 3 aromatic carbocycles. The highest BCUT2D eigenvalue weighted by atomic mass is 35.5. The molecule has 0 amide bonds. The van der Waals surface area contributed by atoms with Crippen LogP contribution in [0.25, 0.3) is 0 Å². The highest BCUT2D eigenvalue weighted by Gasteiger charge is 2.35. The maximum Gasteiger partial charge on any atom is 0.118 e. The molecular formula is C19H16ClNO. The fourth-order valence-electron chi connectivity index (χ4n) is 2.77. The third-order valence-electron chi connectivity index (χ3n) is 3.86. The van der Waals surface area contributed by atoms with Crippen molar-refractivity contribution < 1.29 is 5.21 Å². The molecule has 0 saturated carbocycles. The van der Waals surface area contributed by atoms with Crippen LogP contribution in [0.5, 0.6) is 0 Å². The predicted molar refractivity (Wildman–Crippen MR) is 89.1 cm³/mol. The molecule has 3 aromatic rings. The van der Waals surface area contributed by atoms with Crippen molar-refractivity contribution in [2.45, 2.75) is 5.54 Å². The predicted octanol–water partition coefficient (Wildman–Crippen LogP) is 4.61. The standard InChI is InChI=1S/C19H16ClNO/c20-18-13-11-17(12-14-18)19(21-22,15-7-3-1-4-8-15)16-9-5-2-6-10-16/h1-14,21-22H. The minimum atomic E-state index is -0.840. The van der Waals surface area contributed by atoms with Crippen LogP contribution < -0.4 is 5.48 Å². The molecule has 3 heteroatoms. The second kappa shape index (κ2) is 6.32. The van der Waals surface area contributed by atoms with Gasteiger partial charge in [0.2, 0.25) is 0 Å². The van der Waals surface area contributed by atoms with Gasteiger partial charge in [0, 0.05) is 5.02 Å². The zero-order chi connectivity index (χ0) is 15.4. The Morgan fingerprint density at radius 1 is 0.636 bits per heavy atom. The van der Waals surface area contributed by atoms with Gasteiger partial charge in [-0.2, -0.15) is 5.48 Å². The van der Waals surface area contributed by atoms with Gasteiger partial charge in [0.15, 0.2) is 0 Å². The van der Waals surface area contributed by atoms with Crippen molar-refractivity contribution in [3.05, 3.63) is 107 Å². The van der Waals surface area contributed by atoms with Crippen LogP contribution in [0, 0.1) is 0 Å². The summed E-state index contributed by atoms with van der Waals surface area (Å²) in [5.74, 6) is 0. The van der Waals surface area contributed by atoms with E-state index < -0.39 is 5.54 Å². The lowest BCUT2D eigenvalue weighted by atomic mass is 9.78. The summed E-state index contributed by atoms with van der Waals surface area (Å²) >= 11 is 6.01. The number of hydroxylamine groups is 1. The molecule has 2 nitrogen and oxygen atoms in total. The van der Waals surface area contributed by atoms with Crippen LogP contribution in [0.2, 0.25) is 5.02 Å². The number of benzene rings is 3. The third-order valence-corrected chi connectivity index (χ3v) is 4.11. The van der Waals surface area contributed by atoms with Crippen molar-refractivity contribution >= 4 is 11.6 Å². The number of nitrogens with one attached hydrogen (secondary N) is 1. The molecule has 110 valence electrons. The molecule has 0 bridgehead atoms. The lowest BCUT2D eigenvalue weighted by Crippen LogP contribution is -2.42. The Bertz CT molecular complexity index is 687. The molecule has 0 aliphatic rings. The van der Waals surface area contributed by atoms with Crippen molar-refractivity contribution in [3.8, 4) is 0 Å². The molecule has 0 aromatic heterocycles. The summed E-state index contributed by atoms with van der Waals surface area (Å²) in [6, 6.07) is 27.2. The topological polar surface area (TPSA) is 32.3 Å².